The van der Waals surface area contributed by atoms with Crippen LogP contribution in [-0.4, -0.2) is 31.0 Å². The number of methoxy groups -OCH3 is 1. The standard InChI is InChI=1S/C9H18ClNO2.ClH/c1-9(2,10)6-5-7(11-3)8(12)13-4;/h7,11H,5-6H2,1-4H3;1H. The van der Waals surface area contributed by atoms with Crippen molar-refractivity contribution in [1.29, 1.82) is 0 Å². The van der Waals surface area contributed by atoms with Crippen LogP contribution in [-0.2, 0) is 9.53 Å². The van der Waals surface area contributed by atoms with Gasteiger partial charge in [-0.05, 0) is 33.7 Å². The Morgan fingerprint density at radius 2 is 2.07 bits per heavy atom. The van der Waals surface area contributed by atoms with E-state index in [0.717, 1.165) is 6.42 Å². The van der Waals surface area contributed by atoms with Crippen molar-refractivity contribution in [3.8, 4) is 0 Å². The van der Waals surface area contributed by atoms with E-state index in [4.69, 9.17) is 11.6 Å². The predicted molar refractivity (Wildman–Crippen MR) is 61.3 cm³/mol. The Bertz CT molecular complexity index is 169. The van der Waals surface area contributed by atoms with E-state index in [9.17, 15) is 4.79 Å². The number of alkyl halides is 1. The normalized spacial score (nSPS) is 12.9. The maximum atomic E-state index is 11.1. The van der Waals surface area contributed by atoms with Crippen LogP contribution in [0.4, 0.5) is 0 Å². The molecule has 5 heteroatoms. The minimum absolute atomic E-state index is 0. The first-order chi connectivity index (χ1) is 5.90. The number of hydrogen-bond acceptors (Lipinski definition) is 3. The lowest BCUT2D eigenvalue weighted by Crippen LogP contribution is -2.36. The number of rotatable bonds is 5. The highest BCUT2D eigenvalue weighted by Gasteiger charge is 2.21. The van der Waals surface area contributed by atoms with E-state index in [2.05, 4.69) is 10.1 Å². The number of nitrogens with one attached hydrogen (secondary N) is 1. The minimum Gasteiger partial charge on any atom is -0.468 e. The van der Waals surface area contributed by atoms with Crippen molar-refractivity contribution < 1.29 is 9.53 Å². The second kappa shape index (κ2) is 7.32. The Balaban J connectivity index is 0. The van der Waals surface area contributed by atoms with Crippen LogP contribution in [0, 0.1) is 0 Å². The van der Waals surface area contributed by atoms with Gasteiger partial charge in [0.1, 0.15) is 6.04 Å². The zero-order valence-corrected chi connectivity index (χ0v) is 10.7. The van der Waals surface area contributed by atoms with Gasteiger partial charge >= 0.3 is 5.97 Å². The summed E-state index contributed by atoms with van der Waals surface area (Å²) in [7, 11) is 3.13. The first kappa shape index (κ1) is 16.4. The fourth-order valence-corrected chi connectivity index (χ4v) is 1.12. The average Bonchev–Trinajstić information content (AvgIpc) is 2.03. The number of carbonyl (C=O) groups excluding carboxylic acids is 1. The topological polar surface area (TPSA) is 38.3 Å². The summed E-state index contributed by atoms with van der Waals surface area (Å²) in [6.45, 7) is 3.86. The molecule has 1 unspecified atom stereocenters. The van der Waals surface area contributed by atoms with Gasteiger partial charge in [-0.25, -0.2) is 0 Å². The van der Waals surface area contributed by atoms with Gasteiger partial charge in [0, 0.05) is 4.87 Å². The van der Waals surface area contributed by atoms with E-state index in [0.29, 0.717) is 6.42 Å². The van der Waals surface area contributed by atoms with Crippen molar-refractivity contribution in [2.45, 2.75) is 37.6 Å². The third kappa shape index (κ3) is 7.42. The largest absolute Gasteiger partial charge is 0.468 e. The number of ether oxygens (including phenoxy) is 1. The smallest absolute Gasteiger partial charge is 0.322 e. The van der Waals surface area contributed by atoms with E-state index in [1.54, 1.807) is 7.05 Å². The second-order valence-corrected chi connectivity index (χ2v) is 4.64. The highest BCUT2D eigenvalue weighted by molar-refractivity contribution is 6.23. The van der Waals surface area contributed by atoms with Crippen molar-refractivity contribution in [2.75, 3.05) is 14.2 Å². The molecule has 0 aromatic rings. The molecule has 0 radical (unpaired) electrons. The van der Waals surface area contributed by atoms with Gasteiger partial charge in [0.2, 0.25) is 0 Å². The van der Waals surface area contributed by atoms with Crippen LogP contribution in [0.15, 0.2) is 0 Å². The maximum Gasteiger partial charge on any atom is 0.322 e. The molecule has 0 bridgehead atoms. The summed E-state index contributed by atoms with van der Waals surface area (Å²) < 4.78 is 4.62. The lowest BCUT2D eigenvalue weighted by Gasteiger charge is -2.19. The molecule has 86 valence electrons. The van der Waals surface area contributed by atoms with Gasteiger partial charge in [-0.2, -0.15) is 0 Å². The molecular formula is C9H19Cl2NO2. The summed E-state index contributed by atoms with van der Waals surface area (Å²) in [4.78, 5) is 10.9. The lowest BCUT2D eigenvalue weighted by atomic mass is 10.0. The van der Waals surface area contributed by atoms with Gasteiger partial charge in [-0.1, -0.05) is 0 Å². The molecule has 0 aliphatic rings. The summed E-state index contributed by atoms with van der Waals surface area (Å²) in [6, 6.07) is -0.247. The molecule has 3 nitrogen and oxygen atoms in total. The number of esters is 1. The molecule has 0 rings (SSSR count). The monoisotopic (exact) mass is 243 g/mol. The first-order valence-corrected chi connectivity index (χ1v) is 4.72. The van der Waals surface area contributed by atoms with Crippen LogP contribution < -0.4 is 5.32 Å². The molecule has 0 saturated heterocycles. The Kier molecular flexibility index (Phi) is 8.60. The molecule has 0 aliphatic carbocycles. The molecule has 0 aromatic carbocycles. The van der Waals surface area contributed by atoms with E-state index < -0.39 is 0 Å². The van der Waals surface area contributed by atoms with E-state index in [1.165, 1.54) is 7.11 Å². The van der Waals surface area contributed by atoms with Crippen molar-refractivity contribution in [3.05, 3.63) is 0 Å². The SMILES string of the molecule is CNC(CCC(C)(C)Cl)C(=O)OC.Cl. The number of likely N-dealkylation sites (N-methyl/N-ethyl adjacent to an activating group) is 1. The van der Waals surface area contributed by atoms with Crippen LogP contribution >= 0.6 is 24.0 Å². The zero-order chi connectivity index (χ0) is 10.5. The van der Waals surface area contributed by atoms with Crippen molar-refractivity contribution in [1.82, 2.24) is 5.32 Å². The first-order valence-electron chi connectivity index (χ1n) is 4.34. The van der Waals surface area contributed by atoms with E-state index >= 15 is 0 Å². The highest BCUT2D eigenvalue weighted by atomic mass is 35.5. The quantitative estimate of drug-likeness (QED) is 0.593. The lowest BCUT2D eigenvalue weighted by molar-refractivity contribution is -0.143. The van der Waals surface area contributed by atoms with Gasteiger partial charge in [0.25, 0.3) is 0 Å². The maximum absolute atomic E-state index is 11.1. The Labute approximate surface area is 96.9 Å². The fraction of sp³-hybridized carbons (Fsp3) is 0.889. The van der Waals surface area contributed by atoms with Gasteiger partial charge in [-0.15, -0.1) is 24.0 Å². The summed E-state index contributed by atoms with van der Waals surface area (Å²) >= 11 is 6.00. The van der Waals surface area contributed by atoms with E-state index in [-0.39, 0.29) is 29.3 Å². The minimum atomic E-state index is -0.261. The van der Waals surface area contributed by atoms with Gasteiger partial charge in [0.05, 0.1) is 7.11 Å². The summed E-state index contributed by atoms with van der Waals surface area (Å²) in [6.07, 6.45) is 1.47. The number of carbonyl (C=O) groups is 1. The highest BCUT2D eigenvalue weighted by Crippen LogP contribution is 2.20. The van der Waals surface area contributed by atoms with Crippen LogP contribution in [0.25, 0.3) is 0 Å². The predicted octanol–water partition coefficient (Wildman–Crippen LogP) is 1.97. The average molecular weight is 244 g/mol. The third-order valence-corrected chi connectivity index (χ3v) is 2.05. The van der Waals surface area contributed by atoms with Crippen LogP contribution in [0.1, 0.15) is 26.7 Å². The Morgan fingerprint density at radius 3 is 2.36 bits per heavy atom. The van der Waals surface area contributed by atoms with E-state index in [1.807, 2.05) is 13.8 Å². The molecule has 14 heavy (non-hydrogen) atoms. The Hall–Kier alpha value is 0.01000. The molecule has 1 N–H and O–H groups in total. The summed E-state index contributed by atoms with van der Waals surface area (Å²) in [5.74, 6) is -0.233. The molecule has 0 aromatic heterocycles. The van der Waals surface area contributed by atoms with Crippen molar-refractivity contribution in [2.24, 2.45) is 0 Å². The summed E-state index contributed by atoms with van der Waals surface area (Å²) in [5, 5.41) is 2.89. The second-order valence-electron chi connectivity index (χ2n) is 3.62. The van der Waals surface area contributed by atoms with Gasteiger partial charge in [-0.3, -0.25) is 4.79 Å². The van der Waals surface area contributed by atoms with Crippen LogP contribution in [0.2, 0.25) is 0 Å². The zero-order valence-electron chi connectivity index (χ0n) is 9.09. The van der Waals surface area contributed by atoms with Gasteiger partial charge in [0.15, 0.2) is 0 Å². The van der Waals surface area contributed by atoms with Crippen molar-refractivity contribution >= 4 is 30.0 Å². The molecule has 1 atom stereocenters. The molecule has 0 saturated carbocycles. The molecule has 0 spiro atoms. The third-order valence-electron chi connectivity index (χ3n) is 1.86. The molecule has 0 heterocycles. The van der Waals surface area contributed by atoms with Gasteiger partial charge < -0.3 is 10.1 Å². The van der Waals surface area contributed by atoms with Crippen LogP contribution in [0.3, 0.4) is 0 Å². The number of hydrogen-bond donors (Lipinski definition) is 1. The molecule has 0 fully saturated rings. The molecular weight excluding hydrogens is 225 g/mol. The van der Waals surface area contributed by atoms with Crippen molar-refractivity contribution in [3.63, 3.8) is 0 Å². The number of halogens is 2. The molecule has 0 amide bonds. The Morgan fingerprint density at radius 1 is 1.57 bits per heavy atom. The molecule has 0 aliphatic heterocycles. The fourth-order valence-electron chi connectivity index (χ4n) is 1.01. The summed E-state index contributed by atoms with van der Waals surface area (Å²) in [5.41, 5.74) is 0. The van der Waals surface area contributed by atoms with Crippen LogP contribution in [0.5, 0.6) is 0 Å².